The molecule has 0 saturated carbocycles. The summed E-state index contributed by atoms with van der Waals surface area (Å²) < 4.78 is 0. The summed E-state index contributed by atoms with van der Waals surface area (Å²) in [6, 6.07) is 4.37. The summed E-state index contributed by atoms with van der Waals surface area (Å²) in [6.07, 6.45) is 0. The predicted molar refractivity (Wildman–Crippen MR) is 58.1 cm³/mol. The van der Waals surface area contributed by atoms with Crippen molar-refractivity contribution in [2.24, 2.45) is 0 Å². The van der Waals surface area contributed by atoms with E-state index in [1.54, 1.807) is 0 Å². The van der Waals surface area contributed by atoms with Crippen molar-refractivity contribution in [3.05, 3.63) is 39.7 Å². The summed E-state index contributed by atoms with van der Waals surface area (Å²) in [6.45, 7) is 10.6. The van der Waals surface area contributed by atoms with Crippen molar-refractivity contribution < 1.29 is 4.92 Å². The van der Waals surface area contributed by atoms with Crippen LogP contribution in [0.5, 0.6) is 0 Å². The molecule has 0 unspecified atom stereocenters. The van der Waals surface area contributed by atoms with E-state index in [9.17, 15) is 10.1 Å². The van der Waals surface area contributed by atoms with Gasteiger partial charge in [0.2, 0.25) is 0 Å². The molecule has 1 aromatic rings. The van der Waals surface area contributed by atoms with E-state index in [-0.39, 0.29) is 11.7 Å². The first-order chi connectivity index (χ1) is 7.04. The topological polar surface area (TPSA) is 59.5 Å². The highest BCUT2D eigenvalue weighted by molar-refractivity contribution is 5.69. The molecule has 0 bridgehead atoms. The van der Waals surface area contributed by atoms with Crippen LogP contribution in [0, 0.1) is 16.7 Å². The number of nitro benzene ring substituents is 1. The molecule has 1 rings (SSSR count). The zero-order chi connectivity index (χ0) is 11.4. The van der Waals surface area contributed by atoms with Gasteiger partial charge >= 0.3 is 0 Å². The van der Waals surface area contributed by atoms with Crippen LogP contribution in [0.3, 0.4) is 0 Å². The smallest absolute Gasteiger partial charge is 0.289 e. The highest BCUT2D eigenvalue weighted by atomic mass is 16.6. The van der Waals surface area contributed by atoms with E-state index < -0.39 is 4.92 Å². The molecule has 0 radical (unpaired) electrons. The van der Waals surface area contributed by atoms with Gasteiger partial charge in [-0.1, -0.05) is 0 Å². The van der Waals surface area contributed by atoms with Crippen LogP contribution < -0.4 is 5.32 Å². The van der Waals surface area contributed by atoms with Crippen molar-refractivity contribution in [2.45, 2.75) is 19.9 Å². The molecule has 0 aliphatic carbocycles. The van der Waals surface area contributed by atoms with Crippen molar-refractivity contribution in [3.8, 4) is 0 Å². The van der Waals surface area contributed by atoms with Crippen LogP contribution in [-0.2, 0) is 0 Å². The highest BCUT2D eigenvalue weighted by Gasteiger charge is 2.14. The van der Waals surface area contributed by atoms with E-state index in [0.29, 0.717) is 11.4 Å². The normalized spacial score (nSPS) is 9.73. The van der Waals surface area contributed by atoms with Crippen molar-refractivity contribution in [2.75, 3.05) is 5.32 Å². The first-order valence-electron chi connectivity index (χ1n) is 4.47. The lowest BCUT2D eigenvalue weighted by Crippen LogP contribution is -2.11. The standard InChI is InChI=1S/C10H11N3O2/c1-7(2)12-9-6-8(11-3)4-5-10(9)13(14)15/h4-7,12H,1-2H3. The Bertz CT molecular complexity index is 421. The summed E-state index contributed by atoms with van der Waals surface area (Å²) in [4.78, 5) is 13.5. The Morgan fingerprint density at radius 1 is 1.53 bits per heavy atom. The molecule has 0 heterocycles. The molecule has 0 aliphatic heterocycles. The molecule has 5 nitrogen and oxygen atoms in total. The number of nitrogens with one attached hydrogen (secondary N) is 1. The zero-order valence-electron chi connectivity index (χ0n) is 8.52. The minimum absolute atomic E-state index is 0.00361. The Kier molecular flexibility index (Phi) is 3.24. The van der Waals surface area contributed by atoms with Gasteiger partial charge in [-0.05, 0) is 26.0 Å². The first kappa shape index (κ1) is 11.0. The van der Waals surface area contributed by atoms with E-state index >= 15 is 0 Å². The quantitative estimate of drug-likeness (QED) is 0.468. The number of hydrogen-bond donors (Lipinski definition) is 1. The molecule has 1 aromatic carbocycles. The third-order valence-electron chi connectivity index (χ3n) is 1.75. The van der Waals surface area contributed by atoms with Crippen LogP contribution >= 0.6 is 0 Å². The molecular weight excluding hydrogens is 194 g/mol. The minimum atomic E-state index is -0.460. The molecule has 15 heavy (non-hydrogen) atoms. The fraction of sp³-hybridized carbons (Fsp3) is 0.300. The van der Waals surface area contributed by atoms with Gasteiger partial charge in [0, 0.05) is 12.1 Å². The SMILES string of the molecule is [C-]#[N+]c1ccc([N+](=O)[O-])c(NC(C)C)c1. The molecule has 1 N–H and O–H groups in total. The average molecular weight is 205 g/mol. The van der Waals surface area contributed by atoms with E-state index in [1.807, 2.05) is 13.8 Å². The summed E-state index contributed by atoms with van der Waals surface area (Å²) in [5, 5.41) is 13.6. The molecule has 0 amide bonds. The van der Waals surface area contributed by atoms with Gasteiger partial charge < -0.3 is 5.32 Å². The number of nitro groups is 1. The van der Waals surface area contributed by atoms with Crippen LogP contribution in [0.25, 0.3) is 4.85 Å². The molecule has 0 spiro atoms. The number of rotatable bonds is 3. The molecule has 0 fully saturated rings. The molecule has 0 saturated heterocycles. The Labute approximate surface area is 87.7 Å². The molecule has 0 aliphatic rings. The van der Waals surface area contributed by atoms with Crippen molar-refractivity contribution in [1.82, 2.24) is 0 Å². The molecular formula is C10H11N3O2. The second kappa shape index (κ2) is 4.42. The van der Waals surface area contributed by atoms with E-state index in [2.05, 4.69) is 10.2 Å². The lowest BCUT2D eigenvalue weighted by Gasteiger charge is -2.10. The molecule has 5 heteroatoms. The molecule has 0 atom stereocenters. The van der Waals surface area contributed by atoms with Crippen LogP contribution in [0.1, 0.15) is 13.8 Å². The van der Waals surface area contributed by atoms with Gasteiger partial charge in [-0.25, -0.2) is 4.85 Å². The van der Waals surface area contributed by atoms with Gasteiger partial charge in [0.25, 0.3) is 5.69 Å². The van der Waals surface area contributed by atoms with Crippen LogP contribution in [-0.4, -0.2) is 11.0 Å². The molecule has 0 aromatic heterocycles. The maximum absolute atomic E-state index is 10.7. The van der Waals surface area contributed by atoms with Crippen LogP contribution in [0.4, 0.5) is 17.1 Å². The Morgan fingerprint density at radius 3 is 2.67 bits per heavy atom. The van der Waals surface area contributed by atoms with Gasteiger partial charge in [0.05, 0.1) is 11.5 Å². The predicted octanol–water partition coefficient (Wildman–Crippen LogP) is 2.97. The van der Waals surface area contributed by atoms with Gasteiger partial charge in [0.1, 0.15) is 5.69 Å². The van der Waals surface area contributed by atoms with Crippen molar-refractivity contribution >= 4 is 17.1 Å². The highest BCUT2D eigenvalue weighted by Crippen LogP contribution is 2.29. The lowest BCUT2D eigenvalue weighted by atomic mass is 10.2. The van der Waals surface area contributed by atoms with E-state index in [0.717, 1.165) is 0 Å². The first-order valence-corrected chi connectivity index (χ1v) is 4.47. The maximum Gasteiger partial charge on any atom is 0.289 e. The fourth-order valence-electron chi connectivity index (χ4n) is 1.18. The number of anilines is 1. The van der Waals surface area contributed by atoms with Gasteiger partial charge in [-0.15, -0.1) is 0 Å². The third-order valence-corrected chi connectivity index (χ3v) is 1.75. The van der Waals surface area contributed by atoms with Gasteiger partial charge in [-0.3, -0.25) is 10.1 Å². The van der Waals surface area contributed by atoms with E-state index in [1.165, 1.54) is 18.2 Å². The summed E-state index contributed by atoms with van der Waals surface area (Å²) in [5.74, 6) is 0. The average Bonchev–Trinajstić information content (AvgIpc) is 2.16. The summed E-state index contributed by atoms with van der Waals surface area (Å²) in [5.41, 5.74) is 0.781. The maximum atomic E-state index is 10.7. The Balaban J connectivity index is 3.17. The monoisotopic (exact) mass is 205 g/mol. The Morgan fingerprint density at radius 2 is 2.20 bits per heavy atom. The fourth-order valence-corrected chi connectivity index (χ4v) is 1.18. The zero-order valence-corrected chi connectivity index (χ0v) is 8.52. The third kappa shape index (κ3) is 2.68. The second-order valence-corrected chi connectivity index (χ2v) is 3.37. The summed E-state index contributed by atoms with van der Waals surface area (Å²) in [7, 11) is 0. The van der Waals surface area contributed by atoms with Crippen LogP contribution in [0.2, 0.25) is 0 Å². The minimum Gasteiger partial charge on any atom is -0.378 e. The number of benzene rings is 1. The van der Waals surface area contributed by atoms with Crippen LogP contribution in [0.15, 0.2) is 18.2 Å². The van der Waals surface area contributed by atoms with Crippen molar-refractivity contribution in [1.29, 1.82) is 0 Å². The second-order valence-electron chi connectivity index (χ2n) is 3.37. The number of hydrogen-bond acceptors (Lipinski definition) is 3. The summed E-state index contributed by atoms with van der Waals surface area (Å²) >= 11 is 0. The largest absolute Gasteiger partial charge is 0.378 e. The van der Waals surface area contributed by atoms with Gasteiger partial charge in [-0.2, -0.15) is 0 Å². The van der Waals surface area contributed by atoms with Crippen molar-refractivity contribution in [3.63, 3.8) is 0 Å². The Hall–Kier alpha value is -2.09. The molecule has 78 valence electrons. The van der Waals surface area contributed by atoms with Gasteiger partial charge in [0.15, 0.2) is 5.69 Å². The lowest BCUT2D eigenvalue weighted by molar-refractivity contribution is -0.384. The number of nitrogens with zero attached hydrogens (tertiary/aromatic N) is 2. The van der Waals surface area contributed by atoms with E-state index in [4.69, 9.17) is 6.57 Å².